The number of hydrogen-bond acceptors (Lipinski definition) is 2. The Morgan fingerprint density at radius 1 is 1.08 bits per heavy atom. The SMILES string of the molecule is C[n+]1c(/C=C\c2ccc(O)cc2)cc(C(N)=O)c2ccccc21.[I-]. The van der Waals surface area contributed by atoms with Gasteiger partial charge in [0, 0.05) is 18.2 Å². The smallest absolute Gasteiger partial charge is 0.249 e. The fourth-order valence-corrected chi connectivity index (χ4v) is 2.59. The first kappa shape index (κ1) is 17.9. The first-order chi connectivity index (χ1) is 11.1. The van der Waals surface area contributed by atoms with Crippen LogP contribution in [0.5, 0.6) is 5.75 Å². The summed E-state index contributed by atoms with van der Waals surface area (Å²) in [7, 11) is 1.95. The van der Waals surface area contributed by atoms with Crippen molar-refractivity contribution in [1.82, 2.24) is 0 Å². The van der Waals surface area contributed by atoms with Crippen molar-refractivity contribution in [2.75, 3.05) is 0 Å². The number of primary amides is 1. The molecule has 3 rings (SSSR count). The number of benzene rings is 2. The molecule has 4 nitrogen and oxygen atoms in total. The van der Waals surface area contributed by atoms with Gasteiger partial charge in [0.05, 0.1) is 10.9 Å². The zero-order valence-corrected chi connectivity index (χ0v) is 15.3. The Kier molecular flexibility index (Phi) is 5.56. The fourth-order valence-electron chi connectivity index (χ4n) is 2.59. The molecule has 0 aliphatic heterocycles. The van der Waals surface area contributed by atoms with Crippen molar-refractivity contribution < 1.29 is 38.4 Å². The number of hydrogen-bond donors (Lipinski definition) is 2. The Balaban J connectivity index is 0.00000208. The zero-order valence-electron chi connectivity index (χ0n) is 13.1. The highest BCUT2D eigenvalue weighted by atomic mass is 127. The Hall–Kier alpha value is -2.41. The molecule has 0 aliphatic rings. The molecule has 3 aromatic rings. The number of nitrogens with two attached hydrogens (primary N) is 1. The van der Waals surface area contributed by atoms with Gasteiger partial charge in [-0.1, -0.05) is 24.3 Å². The lowest BCUT2D eigenvalue weighted by molar-refractivity contribution is -0.646. The van der Waals surface area contributed by atoms with Gasteiger partial charge in [-0.25, -0.2) is 0 Å². The highest BCUT2D eigenvalue weighted by Gasteiger charge is 2.17. The van der Waals surface area contributed by atoms with Crippen molar-refractivity contribution >= 4 is 29.0 Å². The van der Waals surface area contributed by atoms with Gasteiger partial charge in [0.1, 0.15) is 12.8 Å². The molecule has 1 heterocycles. The number of aromatic hydroxyl groups is 1. The van der Waals surface area contributed by atoms with E-state index in [1.165, 1.54) is 0 Å². The van der Waals surface area contributed by atoms with Gasteiger partial charge in [-0.2, -0.15) is 4.57 Å². The van der Waals surface area contributed by atoms with Crippen LogP contribution in [0, 0.1) is 0 Å². The summed E-state index contributed by atoms with van der Waals surface area (Å²) in [5, 5.41) is 10.2. The normalized spacial score (nSPS) is 10.7. The molecular formula is C19H17IN2O2. The predicted octanol–water partition coefficient (Wildman–Crippen LogP) is -0.357. The maximum absolute atomic E-state index is 11.8. The van der Waals surface area contributed by atoms with E-state index in [0.717, 1.165) is 22.2 Å². The Morgan fingerprint density at radius 3 is 2.42 bits per heavy atom. The minimum Gasteiger partial charge on any atom is -1.00 e. The van der Waals surface area contributed by atoms with Crippen LogP contribution in [0.4, 0.5) is 0 Å². The minimum atomic E-state index is -0.443. The van der Waals surface area contributed by atoms with E-state index in [0.29, 0.717) is 5.56 Å². The molecule has 3 N–H and O–H groups in total. The number of halogens is 1. The lowest BCUT2D eigenvalue weighted by atomic mass is 10.1. The Labute approximate surface area is 157 Å². The van der Waals surface area contributed by atoms with Crippen LogP contribution in [-0.4, -0.2) is 11.0 Å². The minimum absolute atomic E-state index is 0. The van der Waals surface area contributed by atoms with Crippen molar-refractivity contribution in [2.24, 2.45) is 12.8 Å². The maximum atomic E-state index is 11.8. The zero-order chi connectivity index (χ0) is 16.4. The quantitative estimate of drug-likeness (QED) is 0.439. The number of amides is 1. The molecule has 0 saturated heterocycles. The standard InChI is InChI=1S/C19H16N2O2.HI/c1-21-14(9-6-13-7-10-15(22)11-8-13)12-17(19(20)23)16-4-2-3-5-18(16)21;/h2-12H,1H3,(H2,20,23);1H. The Morgan fingerprint density at radius 2 is 1.75 bits per heavy atom. The molecule has 0 aliphatic carbocycles. The number of aromatic nitrogens is 1. The van der Waals surface area contributed by atoms with Crippen LogP contribution < -0.4 is 34.3 Å². The van der Waals surface area contributed by atoms with E-state index in [1.807, 2.05) is 60.2 Å². The van der Waals surface area contributed by atoms with Crippen LogP contribution in [0.15, 0.2) is 54.6 Å². The van der Waals surface area contributed by atoms with Crippen LogP contribution in [0.1, 0.15) is 21.6 Å². The van der Waals surface area contributed by atoms with Crippen molar-refractivity contribution in [3.63, 3.8) is 0 Å². The lowest BCUT2D eigenvalue weighted by Crippen LogP contribution is -3.00. The van der Waals surface area contributed by atoms with E-state index in [-0.39, 0.29) is 29.7 Å². The second kappa shape index (κ2) is 7.44. The molecule has 24 heavy (non-hydrogen) atoms. The number of rotatable bonds is 3. The Bertz CT molecular complexity index is 919. The summed E-state index contributed by atoms with van der Waals surface area (Å²) in [6.07, 6.45) is 3.85. The van der Waals surface area contributed by atoms with Gasteiger partial charge >= 0.3 is 0 Å². The third-order valence-electron chi connectivity index (χ3n) is 3.84. The summed E-state index contributed by atoms with van der Waals surface area (Å²) in [6.45, 7) is 0. The maximum Gasteiger partial charge on any atom is 0.249 e. The average molecular weight is 432 g/mol. The third-order valence-corrected chi connectivity index (χ3v) is 3.84. The van der Waals surface area contributed by atoms with Crippen LogP contribution in [0.3, 0.4) is 0 Å². The molecule has 0 saturated carbocycles. The van der Waals surface area contributed by atoms with Crippen LogP contribution in [0.25, 0.3) is 23.1 Å². The highest BCUT2D eigenvalue weighted by Crippen LogP contribution is 2.18. The van der Waals surface area contributed by atoms with Crippen molar-refractivity contribution in [2.45, 2.75) is 0 Å². The van der Waals surface area contributed by atoms with E-state index in [1.54, 1.807) is 18.2 Å². The predicted molar refractivity (Wildman–Crippen MR) is 90.7 cm³/mol. The van der Waals surface area contributed by atoms with Crippen LogP contribution >= 0.6 is 0 Å². The van der Waals surface area contributed by atoms with Gasteiger partial charge in [0.25, 0.3) is 0 Å². The van der Waals surface area contributed by atoms with Crippen LogP contribution in [0.2, 0.25) is 0 Å². The number of phenols is 1. The average Bonchev–Trinajstić information content (AvgIpc) is 2.55. The van der Waals surface area contributed by atoms with Gasteiger partial charge in [0.2, 0.25) is 17.1 Å². The number of pyridine rings is 1. The number of phenolic OH excluding ortho intramolecular Hbond substituents is 1. The molecule has 0 spiro atoms. The number of nitrogens with zero attached hydrogens (tertiary/aromatic N) is 1. The number of para-hydroxylation sites is 1. The molecule has 0 unspecified atom stereocenters. The number of carbonyl (C=O) groups is 1. The first-order valence-electron chi connectivity index (χ1n) is 7.25. The summed E-state index contributed by atoms with van der Waals surface area (Å²) in [5.74, 6) is -0.212. The van der Waals surface area contributed by atoms with Crippen molar-refractivity contribution in [1.29, 1.82) is 0 Å². The number of fused-ring (bicyclic) bond motifs is 1. The fraction of sp³-hybridized carbons (Fsp3) is 0.0526. The second-order valence-corrected chi connectivity index (χ2v) is 5.35. The summed E-state index contributed by atoms with van der Waals surface area (Å²) >= 11 is 0. The molecule has 5 heteroatoms. The molecule has 0 fully saturated rings. The molecule has 0 radical (unpaired) electrons. The van der Waals surface area contributed by atoms with Gasteiger partial charge in [-0.3, -0.25) is 4.79 Å². The number of carbonyl (C=O) groups excluding carboxylic acids is 1. The van der Waals surface area contributed by atoms with E-state index in [2.05, 4.69) is 0 Å². The summed E-state index contributed by atoms with van der Waals surface area (Å²) in [4.78, 5) is 11.8. The van der Waals surface area contributed by atoms with E-state index in [9.17, 15) is 9.90 Å². The van der Waals surface area contributed by atoms with Gasteiger partial charge in [0.15, 0.2) is 0 Å². The van der Waals surface area contributed by atoms with Gasteiger partial charge in [-0.05, 0) is 29.8 Å². The third kappa shape index (κ3) is 3.56. The number of aryl methyl sites for hydroxylation is 1. The largest absolute Gasteiger partial charge is 1.00 e. The summed E-state index contributed by atoms with van der Waals surface area (Å²) in [6, 6.07) is 16.4. The molecule has 0 atom stereocenters. The van der Waals surface area contributed by atoms with Crippen molar-refractivity contribution in [3.05, 3.63) is 71.4 Å². The molecule has 0 bridgehead atoms. The van der Waals surface area contributed by atoms with E-state index >= 15 is 0 Å². The summed E-state index contributed by atoms with van der Waals surface area (Å²) in [5.41, 5.74) is 8.79. The van der Waals surface area contributed by atoms with E-state index in [4.69, 9.17) is 5.73 Å². The monoisotopic (exact) mass is 432 g/mol. The first-order valence-corrected chi connectivity index (χ1v) is 7.25. The molecule has 1 amide bonds. The molecular weight excluding hydrogens is 415 g/mol. The summed E-state index contributed by atoms with van der Waals surface area (Å²) < 4.78 is 2.01. The van der Waals surface area contributed by atoms with Crippen LogP contribution in [-0.2, 0) is 7.05 Å². The molecule has 122 valence electrons. The van der Waals surface area contributed by atoms with Crippen molar-refractivity contribution in [3.8, 4) is 5.75 Å². The molecule has 1 aromatic heterocycles. The van der Waals surface area contributed by atoms with E-state index < -0.39 is 5.91 Å². The topological polar surface area (TPSA) is 67.2 Å². The second-order valence-electron chi connectivity index (χ2n) is 5.35. The van der Waals surface area contributed by atoms with Gasteiger partial charge < -0.3 is 34.8 Å². The highest BCUT2D eigenvalue weighted by molar-refractivity contribution is 6.05. The lowest BCUT2D eigenvalue weighted by Gasteiger charge is -2.04. The molecule has 2 aromatic carbocycles. The van der Waals surface area contributed by atoms with Gasteiger partial charge in [-0.15, -0.1) is 0 Å².